The van der Waals surface area contributed by atoms with E-state index in [1.54, 1.807) is 0 Å². The molecule has 0 aromatic heterocycles. The number of morpholine rings is 1. The fourth-order valence-corrected chi connectivity index (χ4v) is 3.08. The summed E-state index contributed by atoms with van der Waals surface area (Å²) in [5.74, 6) is -0.133. The van der Waals surface area contributed by atoms with E-state index < -0.39 is 0 Å². The second-order valence-corrected chi connectivity index (χ2v) is 5.65. The van der Waals surface area contributed by atoms with Crippen molar-refractivity contribution in [3.05, 3.63) is 12.7 Å². The number of ether oxygens (including phenoxy) is 1. The molecule has 20 heavy (non-hydrogen) atoms. The predicted molar refractivity (Wildman–Crippen MR) is 76.2 cm³/mol. The topological polar surface area (TPSA) is 58.6 Å². The minimum atomic E-state index is -0.233. The number of rotatable bonds is 4. The Morgan fingerprint density at radius 2 is 2.05 bits per heavy atom. The molecule has 1 aliphatic carbocycles. The number of carbonyl (C=O) groups is 2. The van der Waals surface area contributed by atoms with E-state index in [4.69, 9.17) is 4.74 Å². The minimum Gasteiger partial charge on any atom is -0.371 e. The molecule has 1 N–H and O–H groups in total. The third-order valence-electron chi connectivity index (χ3n) is 4.19. The third kappa shape index (κ3) is 3.82. The minimum absolute atomic E-state index is 0.0996. The first-order valence-electron chi connectivity index (χ1n) is 7.47. The van der Waals surface area contributed by atoms with E-state index in [9.17, 15) is 9.59 Å². The van der Waals surface area contributed by atoms with Gasteiger partial charge in [0.15, 0.2) is 0 Å². The lowest BCUT2D eigenvalue weighted by Gasteiger charge is -2.45. The van der Waals surface area contributed by atoms with Crippen LogP contribution in [0.25, 0.3) is 0 Å². The van der Waals surface area contributed by atoms with Crippen LogP contribution >= 0.6 is 0 Å². The van der Waals surface area contributed by atoms with Gasteiger partial charge in [-0.1, -0.05) is 25.8 Å². The summed E-state index contributed by atoms with van der Waals surface area (Å²) >= 11 is 0. The van der Waals surface area contributed by atoms with Gasteiger partial charge in [0, 0.05) is 26.1 Å². The summed E-state index contributed by atoms with van der Waals surface area (Å²) in [7, 11) is 0. The van der Waals surface area contributed by atoms with Crippen molar-refractivity contribution < 1.29 is 14.3 Å². The van der Waals surface area contributed by atoms with Crippen LogP contribution in [0.4, 0.5) is 0 Å². The van der Waals surface area contributed by atoms with Crippen molar-refractivity contribution in [2.24, 2.45) is 0 Å². The molecule has 1 spiro atoms. The molecule has 0 unspecified atom stereocenters. The molecule has 2 fully saturated rings. The maximum atomic E-state index is 12.2. The molecule has 5 nitrogen and oxygen atoms in total. The molecule has 1 saturated carbocycles. The molecule has 1 aliphatic heterocycles. The Morgan fingerprint density at radius 3 is 2.75 bits per heavy atom. The first-order valence-corrected chi connectivity index (χ1v) is 7.47. The number of carbonyl (C=O) groups excluding carboxylic acids is 2. The molecule has 2 amide bonds. The first-order chi connectivity index (χ1) is 9.65. The summed E-state index contributed by atoms with van der Waals surface area (Å²) in [6.45, 7) is 5.75. The molecule has 0 bridgehead atoms. The van der Waals surface area contributed by atoms with Gasteiger partial charge < -0.3 is 15.0 Å². The summed E-state index contributed by atoms with van der Waals surface area (Å²) < 4.78 is 5.97. The number of amides is 2. The standard InChI is InChI=1S/C15H24N2O3/c1-2-13(18)16-9-6-14(19)17-10-11-20-15(12-17)7-4-3-5-8-15/h2H,1,3-12H2,(H,16,18). The lowest BCUT2D eigenvalue weighted by atomic mass is 9.83. The van der Waals surface area contributed by atoms with Crippen LogP contribution in [0.1, 0.15) is 38.5 Å². The molecule has 2 aliphatic rings. The van der Waals surface area contributed by atoms with Gasteiger partial charge in [0.1, 0.15) is 0 Å². The van der Waals surface area contributed by atoms with Crippen molar-refractivity contribution in [2.45, 2.75) is 44.1 Å². The van der Waals surface area contributed by atoms with Crippen LogP contribution in [-0.4, -0.2) is 48.6 Å². The van der Waals surface area contributed by atoms with Gasteiger partial charge in [-0.2, -0.15) is 0 Å². The van der Waals surface area contributed by atoms with Gasteiger partial charge in [-0.15, -0.1) is 0 Å². The first kappa shape index (κ1) is 15.0. The molecule has 0 aromatic carbocycles. The lowest BCUT2D eigenvalue weighted by molar-refractivity contribution is -0.156. The van der Waals surface area contributed by atoms with E-state index in [0.717, 1.165) is 12.8 Å². The molecule has 2 rings (SSSR count). The molecule has 1 heterocycles. The summed E-state index contributed by atoms with van der Waals surface area (Å²) in [6, 6.07) is 0. The van der Waals surface area contributed by atoms with Gasteiger partial charge in [0.2, 0.25) is 11.8 Å². The van der Waals surface area contributed by atoms with Crippen LogP contribution in [0.2, 0.25) is 0 Å². The maximum Gasteiger partial charge on any atom is 0.243 e. The monoisotopic (exact) mass is 280 g/mol. The van der Waals surface area contributed by atoms with Crippen molar-refractivity contribution in [3.8, 4) is 0 Å². The van der Waals surface area contributed by atoms with Gasteiger partial charge in [-0.25, -0.2) is 0 Å². The van der Waals surface area contributed by atoms with Gasteiger partial charge >= 0.3 is 0 Å². The number of nitrogens with one attached hydrogen (secondary N) is 1. The van der Waals surface area contributed by atoms with Crippen LogP contribution in [0.3, 0.4) is 0 Å². The Labute approximate surface area is 120 Å². The summed E-state index contributed by atoms with van der Waals surface area (Å²) in [4.78, 5) is 25.1. The van der Waals surface area contributed by atoms with Gasteiger partial charge in [-0.05, 0) is 18.9 Å². The highest BCUT2D eigenvalue weighted by Crippen LogP contribution is 2.34. The number of hydrogen-bond acceptors (Lipinski definition) is 3. The van der Waals surface area contributed by atoms with Crippen LogP contribution in [0.15, 0.2) is 12.7 Å². The van der Waals surface area contributed by atoms with Gasteiger partial charge in [-0.3, -0.25) is 9.59 Å². The van der Waals surface area contributed by atoms with E-state index in [2.05, 4.69) is 11.9 Å². The number of hydrogen-bond donors (Lipinski definition) is 1. The SMILES string of the molecule is C=CC(=O)NCCC(=O)N1CCOC2(CCCCC2)C1. The highest BCUT2D eigenvalue weighted by atomic mass is 16.5. The highest BCUT2D eigenvalue weighted by Gasteiger charge is 2.38. The van der Waals surface area contributed by atoms with Crippen molar-refractivity contribution in [1.29, 1.82) is 0 Å². The van der Waals surface area contributed by atoms with Crippen LogP contribution in [0, 0.1) is 0 Å². The smallest absolute Gasteiger partial charge is 0.243 e. The second-order valence-electron chi connectivity index (χ2n) is 5.65. The van der Waals surface area contributed by atoms with Crippen molar-refractivity contribution >= 4 is 11.8 Å². The highest BCUT2D eigenvalue weighted by molar-refractivity contribution is 5.87. The summed E-state index contributed by atoms with van der Waals surface area (Å²) in [5.41, 5.74) is -0.101. The van der Waals surface area contributed by atoms with E-state index in [0.29, 0.717) is 32.7 Å². The van der Waals surface area contributed by atoms with Crippen LogP contribution < -0.4 is 5.32 Å². The fourth-order valence-electron chi connectivity index (χ4n) is 3.08. The Bertz CT molecular complexity index is 370. The summed E-state index contributed by atoms with van der Waals surface area (Å²) in [6.07, 6.45) is 7.33. The Morgan fingerprint density at radius 1 is 1.30 bits per heavy atom. The molecule has 0 aromatic rings. The Balaban J connectivity index is 1.80. The number of nitrogens with zero attached hydrogens (tertiary/aromatic N) is 1. The van der Waals surface area contributed by atoms with Gasteiger partial charge in [0.05, 0.1) is 12.2 Å². The third-order valence-corrected chi connectivity index (χ3v) is 4.19. The average molecular weight is 280 g/mol. The lowest BCUT2D eigenvalue weighted by Crippen LogP contribution is -2.54. The predicted octanol–water partition coefficient (Wildman–Crippen LogP) is 1.24. The molecular formula is C15H24N2O3. The quantitative estimate of drug-likeness (QED) is 0.788. The van der Waals surface area contributed by atoms with E-state index in [1.165, 1.54) is 25.3 Å². The van der Waals surface area contributed by atoms with Crippen LogP contribution in [-0.2, 0) is 14.3 Å². The average Bonchev–Trinajstić information content (AvgIpc) is 2.47. The molecule has 0 radical (unpaired) electrons. The summed E-state index contributed by atoms with van der Waals surface area (Å²) in [5, 5.41) is 2.64. The normalized spacial score (nSPS) is 21.5. The zero-order valence-electron chi connectivity index (χ0n) is 12.0. The molecule has 0 atom stereocenters. The van der Waals surface area contributed by atoms with Crippen molar-refractivity contribution in [3.63, 3.8) is 0 Å². The largest absolute Gasteiger partial charge is 0.371 e. The maximum absolute atomic E-state index is 12.2. The van der Waals surface area contributed by atoms with E-state index >= 15 is 0 Å². The molecule has 1 saturated heterocycles. The zero-order valence-corrected chi connectivity index (χ0v) is 12.0. The van der Waals surface area contributed by atoms with Crippen molar-refractivity contribution in [1.82, 2.24) is 10.2 Å². The van der Waals surface area contributed by atoms with Crippen molar-refractivity contribution in [2.75, 3.05) is 26.2 Å². The molecular weight excluding hydrogens is 256 g/mol. The molecule has 5 heteroatoms. The van der Waals surface area contributed by atoms with Crippen LogP contribution in [0.5, 0.6) is 0 Å². The second kappa shape index (κ2) is 6.88. The zero-order chi connectivity index (χ0) is 14.4. The van der Waals surface area contributed by atoms with Gasteiger partial charge in [0.25, 0.3) is 0 Å². The van der Waals surface area contributed by atoms with E-state index in [-0.39, 0.29) is 17.4 Å². The Hall–Kier alpha value is -1.36. The fraction of sp³-hybridized carbons (Fsp3) is 0.733. The molecule has 112 valence electrons. The van der Waals surface area contributed by atoms with E-state index in [1.807, 2.05) is 4.90 Å². The Kier molecular flexibility index (Phi) is 5.17.